The Balaban J connectivity index is 2.48. The number of carbonyl (C=O) groups is 1. The van der Waals surface area contributed by atoms with Gasteiger partial charge >= 0.3 is 0 Å². The van der Waals surface area contributed by atoms with Crippen LogP contribution in [0.15, 0.2) is 41.8 Å². The quantitative estimate of drug-likeness (QED) is 0.686. The Morgan fingerprint density at radius 1 is 1.43 bits per heavy atom. The van der Waals surface area contributed by atoms with E-state index >= 15 is 0 Å². The van der Waals surface area contributed by atoms with Crippen LogP contribution in [0.3, 0.4) is 0 Å². The first-order chi connectivity index (χ1) is 6.75. The zero-order chi connectivity index (χ0) is 10.1. The summed E-state index contributed by atoms with van der Waals surface area (Å²) in [5, 5.41) is 0. The Morgan fingerprint density at radius 2 is 2.14 bits per heavy atom. The van der Waals surface area contributed by atoms with Crippen LogP contribution in [0.1, 0.15) is 10.4 Å². The van der Waals surface area contributed by atoms with Crippen LogP contribution in [0.2, 0.25) is 0 Å². The second-order valence-corrected chi connectivity index (χ2v) is 4.28. The van der Waals surface area contributed by atoms with Crippen LogP contribution in [0.4, 0.5) is 0 Å². The van der Waals surface area contributed by atoms with Gasteiger partial charge in [0.25, 0.3) is 5.91 Å². The van der Waals surface area contributed by atoms with Crippen molar-refractivity contribution in [2.24, 2.45) is 0 Å². The summed E-state index contributed by atoms with van der Waals surface area (Å²) in [4.78, 5) is 12.3. The SMILES string of the molecule is C=CCN1C(=O)c2ccccc2S1=O. The number of nitrogens with zero attached hydrogens (tertiary/aromatic N) is 1. The van der Waals surface area contributed by atoms with Gasteiger partial charge in [-0.05, 0) is 12.1 Å². The second kappa shape index (κ2) is 3.38. The molecule has 0 spiro atoms. The molecule has 0 bridgehead atoms. The normalized spacial score (nSPS) is 19.6. The van der Waals surface area contributed by atoms with E-state index in [1.165, 1.54) is 4.31 Å². The summed E-state index contributed by atoms with van der Waals surface area (Å²) in [6.07, 6.45) is 1.57. The molecule has 1 heterocycles. The Kier molecular flexibility index (Phi) is 2.21. The summed E-state index contributed by atoms with van der Waals surface area (Å²) in [7, 11) is -1.35. The monoisotopic (exact) mass is 207 g/mol. The van der Waals surface area contributed by atoms with Gasteiger partial charge in [-0.3, -0.25) is 4.79 Å². The van der Waals surface area contributed by atoms with E-state index in [1.54, 1.807) is 30.3 Å². The topological polar surface area (TPSA) is 37.4 Å². The Bertz CT molecular complexity index is 393. The molecule has 1 unspecified atom stereocenters. The summed E-state index contributed by atoms with van der Waals surface area (Å²) in [5.74, 6) is -0.182. The Morgan fingerprint density at radius 3 is 2.79 bits per heavy atom. The van der Waals surface area contributed by atoms with Crippen molar-refractivity contribution in [3.05, 3.63) is 42.5 Å². The first-order valence-corrected chi connectivity index (χ1v) is 5.30. The fourth-order valence-electron chi connectivity index (χ4n) is 1.39. The van der Waals surface area contributed by atoms with E-state index < -0.39 is 11.0 Å². The summed E-state index contributed by atoms with van der Waals surface area (Å²) in [5.41, 5.74) is 0.535. The van der Waals surface area contributed by atoms with Gasteiger partial charge in [-0.2, -0.15) is 0 Å². The van der Waals surface area contributed by atoms with Crippen LogP contribution < -0.4 is 0 Å². The Hall–Kier alpha value is -1.42. The van der Waals surface area contributed by atoms with E-state index in [-0.39, 0.29) is 5.91 Å². The molecule has 1 aromatic carbocycles. The first-order valence-electron chi connectivity index (χ1n) is 4.19. The third-order valence-electron chi connectivity index (χ3n) is 2.03. The molecule has 1 aliphatic heterocycles. The number of amides is 1. The zero-order valence-corrected chi connectivity index (χ0v) is 8.29. The lowest BCUT2D eigenvalue weighted by molar-refractivity contribution is 0.0884. The van der Waals surface area contributed by atoms with Gasteiger partial charge < -0.3 is 0 Å². The lowest BCUT2D eigenvalue weighted by Gasteiger charge is -2.09. The van der Waals surface area contributed by atoms with Crippen molar-refractivity contribution < 1.29 is 9.00 Å². The van der Waals surface area contributed by atoms with Crippen LogP contribution >= 0.6 is 0 Å². The van der Waals surface area contributed by atoms with E-state index in [1.807, 2.05) is 0 Å². The van der Waals surface area contributed by atoms with Crippen molar-refractivity contribution >= 4 is 16.9 Å². The molecule has 0 saturated carbocycles. The van der Waals surface area contributed by atoms with Crippen molar-refractivity contribution in [1.82, 2.24) is 4.31 Å². The molecule has 0 saturated heterocycles. The molecule has 72 valence electrons. The molecule has 2 rings (SSSR count). The summed E-state index contributed by atoms with van der Waals surface area (Å²) < 4.78 is 13.1. The second-order valence-electron chi connectivity index (χ2n) is 2.90. The molecule has 0 fully saturated rings. The van der Waals surface area contributed by atoms with Gasteiger partial charge in [0.1, 0.15) is 0 Å². The van der Waals surface area contributed by atoms with Crippen LogP contribution in [-0.4, -0.2) is 21.0 Å². The van der Waals surface area contributed by atoms with Gasteiger partial charge in [-0.15, -0.1) is 6.58 Å². The molecule has 14 heavy (non-hydrogen) atoms. The minimum absolute atomic E-state index is 0.182. The number of rotatable bonds is 2. The van der Waals surface area contributed by atoms with Crippen molar-refractivity contribution in [1.29, 1.82) is 0 Å². The van der Waals surface area contributed by atoms with Crippen LogP contribution in [0.25, 0.3) is 0 Å². The maximum atomic E-state index is 11.8. The molecule has 1 aliphatic rings. The number of benzene rings is 1. The minimum Gasteiger partial charge on any atom is -0.268 e. The number of carbonyl (C=O) groups excluding carboxylic acids is 1. The van der Waals surface area contributed by atoms with E-state index in [0.717, 1.165) is 0 Å². The summed E-state index contributed by atoms with van der Waals surface area (Å²) in [6, 6.07) is 6.96. The molecular weight excluding hydrogens is 198 g/mol. The molecule has 0 N–H and O–H groups in total. The Labute approximate surface area is 84.6 Å². The fraction of sp³-hybridized carbons (Fsp3) is 0.100. The standard InChI is InChI=1S/C10H9NO2S/c1-2-7-11-10(12)8-5-3-4-6-9(8)14(11)13/h2-6H,1,7H2. The lowest BCUT2D eigenvalue weighted by atomic mass is 10.2. The molecule has 1 amide bonds. The average molecular weight is 207 g/mol. The first kappa shape index (κ1) is 9.15. The molecular formula is C10H9NO2S. The number of hydrogen-bond acceptors (Lipinski definition) is 2. The van der Waals surface area contributed by atoms with Crippen LogP contribution in [0.5, 0.6) is 0 Å². The molecule has 1 atom stereocenters. The minimum atomic E-state index is -1.35. The maximum absolute atomic E-state index is 11.8. The van der Waals surface area contributed by atoms with Crippen molar-refractivity contribution in [2.45, 2.75) is 4.90 Å². The van der Waals surface area contributed by atoms with Gasteiger partial charge in [0.05, 0.1) is 17.0 Å². The molecule has 0 aliphatic carbocycles. The number of fused-ring (bicyclic) bond motifs is 1. The van der Waals surface area contributed by atoms with Crippen LogP contribution in [-0.2, 0) is 11.0 Å². The number of hydrogen-bond donors (Lipinski definition) is 0. The van der Waals surface area contributed by atoms with E-state index in [9.17, 15) is 9.00 Å². The molecule has 3 nitrogen and oxygen atoms in total. The van der Waals surface area contributed by atoms with E-state index in [2.05, 4.69) is 6.58 Å². The van der Waals surface area contributed by atoms with Crippen molar-refractivity contribution in [2.75, 3.05) is 6.54 Å². The van der Waals surface area contributed by atoms with Crippen molar-refractivity contribution in [3.63, 3.8) is 0 Å². The third kappa shape index (κ3) is 1.19. The van der Waals surface area contributed by atoms with E-state index in [0.29, 0.717) is 17.0 Å². The predicted molar refractivity (Wildman–Crippen MR) is 54.1 cm³/mol. The third-order valence-corrected chi connectivity index (χ3v) is 3.47. The largest absolute Gasteiger partial charge is 0.268 e. The zero-order valence-electron chi connectivity index (χ0n) is 7.47. The smallest absolute Gasteiger partial charge is 0.267 e. The molecule has 4 heteroatoms. The maximum Gasteiger partial charge on any atom is 0.267 e. The summed E-state index contributed by atoms with van der Waals surface area (Å²) >= 11 is 0. The predicted octanol–water partition coefficient (Wildman–Crippen LogP) is 1.35. The van der Waals surface area contributed by atoms with Gasteiger partial charge in [0.2, 0.25) is 0 Å². The molecule has 0 radical (unpaired) electrons. The lowest BCUT2D eigenvalue weighted by Crippen LogP contribution is -2.25. The van der Waals surface area contributed by atoms with Crippen LogP contribution in [0, 0.1) is 0 Å². The van der Waals surface area contributed by atoms with Gasteiger partial charge in [0.15, 0.2) is 11.0 Å². The van der Waals surface area contributed by atoms with E-state index in [4.69, 9.17) is 0 Å². The van der Waals surface area contributed by atoms with Crippen molar-refractivity contribution in [3.8, 4) is 0 Å². The van der Waals surface area contributed by atoms with Gasteiger partial charge in [-0.25, -0.2) is 8.51 Å². The molecule has 1 aromatic rings. The summed E-state index contributed by atoms with van der Waals surface area (Å²) in [6.45, 7) is 3.85. The average Bonchev–Trinajstić information content (AvgIpc) is 2.45. The molecule has 0 aromatic heterocycles. The highest BCUT2D eigenvalue weighted by Crippen LogP contribution is 2.26. The van der Waals surface area contributed by atoms with Gasteiger partial charge in [-0.1, -0.05) is 18.2 Å². The van der Waals surface area contributed by atoms with Gasteiger partial charge in [0, 0.05) is 0 Å². The fourth-order valence-corrected chi connectivity index (χ4v) is 2.66. The highest BCUT2D eigenvalue weighted by Gasteiger charge is 2.32. The highest BCUT2D eigenvalue weighted by atomic mass is 32.2. The highest BCUT2D eigenvalue weighted by molar-refractivity contribution is 7.84.